The number of rotatable bonds is 12. The van der Waals surface area contributed by atoms with E-state index in [0.29, 0.717) is 0 Å². The van der Waals surface area contributed by atoms with Gasteiger partial charge in [0.2, 0.25) is 0 Å². The van der Waals surface area contributed by atoms with Crippen molar-refractivity contribution >= 4 is 0 Å². The Balaban J connectivity index is 3.03. The maximum absolute atomic E-state index is 5.29. The van der Waals surface area contributed by atoms with Crippen LogP contribution in [0.25, 0.3) is 0 Å². The van der Waals surface area contributed by atoms with Crippen molar-refractivity contribution < 1.29 is 4.74 Å². The zero-order valence-electron chi connectivity index (χ0n) is 11.4. The van der Waals surface area contributed by atoms with E-state index in [-0.39, 0.29) is 0 Å². The quantitative estimate of drug-likeness (QED) is 0.520. The second-order valence-electron chi connectivity index (χ2n) is 4.03. The lowest BCUT2D eigenvalue weighted by atomic mass is 10.3. The van der Waals surface area contributed by atoms with Crippen molar-refractivity contribution in [1.82, 2.24) is 10.2 Å². The number of unbranched alkanes of at least 4 members (excludes halogenated alkanes) is 1. The van der Waals surface area contributed by atoms with E-state index >= 15 is 0 Å². The van der Waals surface area contributed by atoms with Crippen LogP contribution in [-0.2, 0) is 4.74 Å². The summed E-state index contributed by atoms with van der Waals surface area (Å²) in [5.41, 5.74) is 0. The molecule has 0 aliphatic carbocycles. The Morgan fingerprint density at radius 1 is 0.938 bits per heavy atom. The third-order valence-corrected chi connectivity index (χ3v) is 2.82. The van der Waals surface area contributed by atoms with Gasteiger partial charge in [-0.05, 0) is 58.9 Å². The predicted molar refractivity (Wildman–Crippen MR) is 71.0 cm³/mol. The monoisotopic (exact) mass is 230 g/mol. The minimum absolute atomic E-state index is 0.845. The highest BCUT2D eigenvalue weighted by molar-refractivity contribution is 4.55. The van der Waals surface area contributed by atoms with Gasteiger partial charge in [0.25, 0.3) is 0 Å². The van der Waals surface area contributed by atoms with Crippen LogP contribution in [0.2, 0.25) is 0 Å². The minimum atomic E-state index is 0.845. The van der Waals surface area contributed by atoms with Crippen LogP contribution < -0.4 is 5.32 Å². The molecule has 0 radical (unpaired) electrons. The first-order valence-electron chi connectivity index (χ1n) is 6.85. The third-order valence-electron chi connectivity index (χ3n) is 2.82. The van der Waals surface area contributed by atoms with E-state index in [4.69, 9.17) is 4.74 Å². The molecule has 16 heavy (non-hydrogen) atoms. The van der Waals surface area contributed by atoms with E-state index in [9.17, 15) is 0 Å². The Morgan fingerprint density at radius 2 is 1.62 bits per heavy atom. The van der Waals surface area contributed by atoms with Gasteiger partial charge < -0.3 is 15.0 Å². The summed E-state index contributed by atoms with van der Waals surface area (Å²) in [6.45, 7) is 14.1. The lowest BCUT2D eigenvalue weighted by Gasteiger charge is -2.17. The number of nitrogens with one attached hydrogen (secondary N) is 1. The van der Waals surface area contributed by atoms with Crippen molar-refractivity contribution in [2.24, 2.45) is 0 Å². The third kappa shape index (κ3) is 10.4. The van der Waals surface area contributed by atoms with Crippen molar-refractivity contribution in [1.29, 1.82) is 0 Å². The molecule has 0 spiro atoms. The van der Waals surface area contributed by atoms with Gasteiger partial charge in [0.05, 0.1) is 0 Å². The molecule has 0 unspecified atom stereocenters. The van der Waals surface area contributed by atoms with Gasteiger partial charge in [-0.2, -0.15) is 0 Å². The molecule has 3 heteroatoms. The Hall–Kier alpha value is -0.120. The van der Waals surface area contributed by atoms with Gasteiger partial charge in [-0.1, -0.05) is 13.8 Å². The van der Waals surface area contributed by atoms with Crippen LogP contribution >= 0.6 is 0 Å². The summed E-state index contributed by atoms with van der Waals surface area (Å²) in [5, 5.41) is 3.48. The van der Waals surface area contributed by atoms with E-state index in [0.717, 1.165) is 26.3 Å². The summed E-state index contributed by atoms with van der Waals surface area (Å²) < 4.78 is 5.29. The molecular formula is C13H30N2O. The molecule has 0 aromatic rings. The maximum Gasteiger partial charge on any atom is 0.0466 e. The molecule has 0 aromatic heterocycles. The summed E-state index contributed by atoms with van der Waals surface area (Å²) in [4.78, 5) is 2.47. The van der Waals surface area contributed by atoms with Crippen LogP contribution in [0.5, 0.6) is 0 Å². The normalized spacial score (nSPS) is 11.2. The lowest BCUT2D eigenvalue weighted by molar-refractivity contribution is 0.143. The Kier molecular flexibility index (Phi) is 12.9. The van der Waals surface area contributed by atoms with Crippen LogP contribution in [0, 0.1) is 0 Å². The summed E-state index contributed by atoms with van der Waals surface area (Å²) in [5.74, 6) is 0. The van der Waals surface area contributed by atoms with Crippen LogP contribution in [0.3, 0.4) is 0 Å². The molecule has 0 saturated carbocycles. The molecule has 0 amide bonds. The second kappa shape index (κ2) is 12.9. The highest BCUT2D eigenvalue weighted by Gasteiger charge is 1.97. The smallest absolute Gasteiger partial charge is 0.0466 e. The van der Waals surface area contributed by atoms with Gasteiger partial charge in [0.1, 0.15) is 0 Å². The van der Waals surface area contributed by atoms with Crippen molar-refractivity contribution in [3.63, 3.8) is 0 Å². The van der Waals surface area contributed by atoms with E-state index in [2.05, 4.69) is 24.1 Å². The second-order valence-corrected chi connectivity index (χ2v) is 4.03. The summed E-state index contributed by atoms with van der Waals surface area (Å²) >= 11 is 0. The predicted octanol–water partition coefficient (Wildman–Crippen LogP) is 2.12. The molecule has 0 heterocycles. The molecule has 0 saturated heterocycles. The van der Waals surface area contributed by atoms with Crippen LogP contribution in [0.4, 0.5) is 0 Å². The van der Waals surface area contributed by atoms with Gasteiger partial charge in [-0.15, -0.1) is 0 Å². The molecule has 98 valence electrons. The van der Waals surface area contributed by atoms with Crippen LogP contribution in [0.1, 0.15) is 40.0 Å². The molecule has 0 rings (SSSR count). The highest BCUT2D eigenvalue weighted by Crippen LogP contribution is 1.91. The molecule has 0 aliphatic rings. The molecule has 0 fully saturated rings. The van der Waals surface area contributed by atoms with E-state index in [1.54, 1.807) is 0 Å². The first-order valence-corrected chi connectivity index (χ1v) is 6.85. The van der Waals surface area contributed by atoms with Gasteiger partial charge in [0.15, 0.2) is 0 Å². The maximum atomic E-state index is 5.29. The van der Waals surface area contributed by atoms with E-state index < -0.39 is 0 Å². The lowest BCUT2D eigenvalue weighted by Crippen LogP contribution is -2.27. The Morgan fingerprint density at radius 3 is 2.25 bits per heavy atom. The summed E-state index contributed by atoms with van der Waals surface area (Å²) in [7, 11) is 0. The molecule has 3 nitrogen and oxygen atoms in total. The first kappa shape index (κ1) is 15.9. The highest BCUT2D eigenvalue weighted by atomic mass is 16.5. The zero-order valence-corrected chi connectivity index (χ0v) is 11.4. The molecule has 0 aliphatic heterocycles. The molecule has 0 bridgehead atoms. The Labute approximate surface area is 102 Å². The molecule has 0 aromatic carbocycles. The molecular weight excluding hydrogens is 200 g/mol. The summed E-state index contributed by atoms with van der Waals surface area (Å²) in [6, 6.07) is 0. The number of nitrogens with zero attached hydrogens (tertiary/aromatic N) is 1. The fourth-order valence-electron chi connectivity index (χ4n) is 1.69. The van der Waals surface area contributed by atoms with Gasteiger partial charge in [0, 0.05) is 13.2 Å². The SMILES string of the molecule is CCOCCCCNCCCN(CC)CC. The van der Waals surface area contributed by atoms with Crippen molar-refractivity contribution in [2.45, 2.75) is 40.0 Å². The first-order chi connectivity index (χ1) is 7.85. The number of ether oxygens (including phenoxy) is 1. The van der Waals surface area contributed by atoms with Crippen molar-refractivity contribution in [3.8, 4) is 0 Å². The zero-order chi connectivity index (χ0) is 12.1. The number of hydrogen-bond donors (Lipinski definition) is 1. The van der Waals surface area contributed by atoms with E-state index in [1.807, 2.05) is 6.92 Å². The molecule has 1 N–H and O–H groups in total. The van der Waals surface area contributed by atoms with Gasteiger partial charge in [-0.3, -0.25) is 0 Å². The minimum Gasteiger partial charge on any atom is -0.382 e. The fourth-order valence-corrected chi connectivity index (χ4v) is 1.69. The van der Waals surface area contributed by atoms with Crippen LogP contribution in [0.15, 0.2) is 0 Å². The van der Waals surface area contributed by atoms with Crippen molar-refractivity contribution in [3.05, 3.63) is 0 Å². The van der Waals surface area contributed by atoms with E-state index in [1.165, 1.54) is 38.9 Å². The average molecular weight is 230 g/mol. The number of hydrogen-bond acceptors (Lipinski definition) is 3. The largest absolute Gasteiger partial charge is 0.382 e. The van der Waals surface area contributed by atoms with Crippen LogP contribution in [-0.4, -0.2) is 50.8 Å². The summed E-state index contributed by atoms with van der Waals surface area (Å²) in [6.07, 6.45) is 3.66. The van der Waals surface area contributed by atoms with Crippen molar-refractivity contribution in [2.75, 3.05) is 45.9 Å². The standard InChI is InChI=1S/C13H30N2O/c1-4-15(5-2)12-9-11-14-10-7-8-13-16-6-3/h14H,4-13H2,1-3H3. The topological polar surface area (TPSA) is 24.5 Å². The average Bonchev–Trinajstić information content (AvgIpc) is 2.32. The fraction of sp³-hybridized carbons (Fsp3) is 1.00. The molecule has 0 atom stereocenters. The Bertz CT molecular complexity index is 127. The van der Waals surface area contributed by atoms with Gasteiger partial charge in [-0.25, -0.2) is 0 Å². The van der Waals surface area contributed by atoms with Gasteiger partial charge >= 0.3 is 0 Å².